The number of thiol groups is 1. The summed E-state index contributed by atoms with van der Waals surface area (Å²) in [6.45, 7) is 0. The van der Waals surface area contributed by atoms with Crippen molar-refractivity contribution in [2.45, 2.75) is 6.42 Å². The number of benzene rings is 1. The van der Waals surface area contributed by atoms with Crippen molar-refractivity contribution in [2.75, 3.05) is 11.5 Å². The Bertz CT molecular complexity index is 421. The van der Waals surface area contributed by atoms with Crippen molar-refractivity contribution >= 4 is 18.3 Å². The quantitative estimate of drug-likeness (QED) is 0.414. The van der Waals surface area contributed by atoms with E-state index in [9.17, 15) is 0 Å². The summed E-state index contributed by atoms with van der Waals surface area (Å²) in [5.74, 6) is 6.57. The highest BCUT2D eigenvalue weighted by Gasteiger charge is 1.98. The van der Waals surface area contributed by atoms with Gasteiger partial charge in [-0.3, -0.25) is 0 Å². The van der Waals surface area contributed by atoms with E-state index in [1.165, 1.54) is 0 Å². The number of hydrogen-bond acceptors (Lipinski definition) is 3. The topological polar surface area (TPSA) is 49.8 Å². The molecule has 0 bridgehead atoms. The molecule has 14 heavy (non-hydrogen) atoms. The first-order chi connectivity index (χ1) is 6.77. The molecule has 70 valence electrons. The molecular formula is C11H10N2S. The first-order valence-electron chi connectivity index (χ1n) is 4.17. The Balaban J connectivity index is 3.00. The van der Waals surface area contributed by atoms with Crippen LogP contribution >= 0.6 is 12.6 Å². The first kappa shape index (κ1) is 10.5. The highest BCUT2D eigenvalue weighted by molar-refractivity contribution is 7.80. The van der Waals surface area contributed by atoms with Crippen LogP contribution in [-0.4, -0.2) is 5.75 Å². The fraction of sp³-hybridized carbons (Fsp3) is 0.182. The molecule has 0 aliphatic carbocycles. The van der Waals surface area contributed by atoms with E-state index < -0.39 is 0 Å². The predicted molar refractivity (Wildman–Crippen MR) is 60.9 cm³/mol. The van der Waals surface area contributed by atoms with Gasteiger partial charge < -0.3 is 5.73 Å². The highest BCUT2D eigenvalue weighted by Crippen LogP contribution is 2.11. The van der Waals surface area contributed by atoms with E-state index >= 15 is 0 Å². The van der Waals surface area contributed by atoms with Crippen molar-refractivity contribution in [3.05, 3.63) is 29.3 Å². The Hall–Kier alpha value is -1.58. The third kappa shape index (κ3) is 2.73. The lowest BCUT2D eigenvalue weighted by atomic mass is 10.1. The van der Waals surface area contributed by atoms with Gasteiger partial charge in [0.2, 0.25) is 0 Å². The van der Waals surface area contributed by atoms with E-state index in [-0.39, 0.29) is 0 Å². The van der Waals surface area contributed by atoms with Gasteiger partial charge in [0.25, 0.3) is 0 Å². The van der Waals surface area contributed by atoms with Crippen LogP contribution in [0.5, 0.6) is 0 Å². The molecule has 0 saturated heterocycles. The van der Waals surface area contributed by atoms with Gasteiger partial charge in [0, 0.05) is 23.4 Å². The number of nitrogens with zero attached hydrogens (tertiary/aromatic N) is 1. The Kier molecular flexibility index (Phi) is 3.91. The van der Waals surface area contributed by atoms with Crippen molar-refractivity contribution in [1.82, 2.24) is 0 Å². The molecule has 0 aliphatic heterocycles. The summed E-state index contributed by atoms with van der Waals surface area (Å²) in [6, 6.07) is 7.20. The van der Waals surface area contributed by atoms with Gasteiger partial charge in [-0.15, -0.1) is 0 Å². The van der Waals surface area contributed by atoms with Crippen molar-refractivity contribution in [1.29, 1.82) is 5.26 Å². The molecule has 1 rings (SSSR count). The molecular weight excluding hydrogens is 192 g/mol. The molecule has 0 aromatic heterocycles. The molecule has 0 spiro atoms. The number of anilines is 1. The van der Waals surface area contributed by atoms with Gasteiger partial charge in [-0.2, -0.15) is 17.9 Å². The maximum Gasteiger partial charge on any atom is 0.101 e. The van der Waals surface area contributed by atoms with Gasteiger partial charge in [0.05, 0.1) is 5.56 Å². The highest BCUT2D eigenvalue weighted by atomic mass is 32.1. The summed E-state index contributed by atoms with van der Waals surface area (Å²) >= 11 is 4.04. The minimum atomic E-state index is 0.525. The van der Waals surface area contributed by atoms with Crippen molar-refractivity contribution in [3.63, 3.8) is 0 Å². The summed E-state index contributed by atoms with van der Waals surface area (Å²) < 4.78 is 0. The second-order valence-corrected chi connectivity index (χ2v) is 3.14. The standard InChI is InChI=1S/C11H10N2S/c12-8-10-7-11(13)5-4-9(10)3-1-2-6-14/h4-5,7,14H,2,6,13H2. The summed E-state index contributed by atoms with van der Waals surface area (Å²) in [6.07, 6.45) is 0.721. The van der Waals surface area contributed by atoms with Crippen molar-refractivity contribution in [2.24, 2.45) is 0 Å². The number of rotatable bonds is 1. The molecule has 0 amide bonds. The van der Waals surface area contributed by atoms with Crippen LogP contribution in [0, 0.1) is 23.2 Å². The SMILES string of the molecule is N#Cc1cc(N)ccc1C#CCCS. The number of hydrogen-bond donors (Lipinski definition) is 2. The van der Waals surface area contributed by atoms with Crippen LogP contribution in [0.2, 0.25) is 0 Å². The van der Waals surface area contributed by atoms with Crippen molar-refractivity contribution < 1.29 is 0 Å². The second-order valence-electron chi connectivity index (χ2n) is 2.69. The molecule has 0 saturated carbocycles. The lowest BCUT2D eigenvalue weighted by Crippen LogP contribution is -1.89. The summed E-state index contributed by atoms with van der Waals surface area (Å²) in [5.41, 5.74) is 7.38. The zero-order valence-corrected chi connectivity index (χ0v) is 8.51. The van der Waals surface area contributed by atoms with Gasteiger partial charge in [-0.1, -0.05) is 11.8 Å². The summed E-state index contributed by atoms with van der Waals surface area (Å²) in [5, 5.41) is 8.81. The molecule has 0 radical (unpaired) electrons. The third-order valence-corrected chi connectivity index (χ3v) is 1.85. The molecule has 2 N–H and O–H groups in total. The molecule has 0 aliphatic rings. The maximum atomic E-state index is 8.81. The van der Waals surface area contributed by atoms with E-state index in [2.05, 4.69) is 30.5 Å². The van der Waals surface area contributed by atoms with Crippen LogP contribution in [0.3, 0.4) is 0 Å². The van der Waals surface area contributed by atoms with E-state index in [4.69, 9.17) is 11.0 Å². The summed E-state index contributed by atoms with van der Waals surface area (Å²) in [4.78, 5) is 0. The van der Waals surface area contributed by atoms with Crippen LogP contribution in [0.4, 0.5) is 5.69 Å². The average Bonchev–Trinajstić information content (AvgIpc) is 2.20. The monoisotopic (exact) mass is 202 g/mol. The van der Waals surface area contributed by atoms with E-state index in [1.54, 1.807) is 18.2 Å². The third-order valence-electron chi connectivity index (χ3n) is 1.62. The van der Waals surface area contributed by atoms with Crippen LogP contribution < -0.4 is 5.73 Å². The molecule has 1 aromatic rings. The minimum absolute atomic E-state index is 0.525. The van der Waals surface area contributed by atoms with E-state index in [0.717, 1.165) is 17.7 Å². The molecule has 3 heteroatoms. The van der Waals surface area contributed by atoms with E-state index in [1.807, 2.05) is 0 Å². The Morgan fingerprint density at radius 2 is 2.14 bits per heavy atom. The van der Waals surface area contributed by atoms with Crippen LogP contribution in [-0.2, 0) is 0 Å². The van der Waals surface area contributed by atoms with E-state index in [0.29, 0.717) is 11.3 Å². The normalized spacial score (nSPS) is 8.57. The molecule has 0 fully saturated rings. The molecule has 0 heterocycles. The number of nitrogen functional groups attached to an aromatic ring is 1. The lowest BCUT2D eigenvalue weighted by Gasteiger charge is -1.96. The zero-order chi connectivity index (χ0) is 10.4. The second kappa shape index (κ2) is 5.21. The smallest absolute Gasteiger partial charge is 0.101 e. The Morgan fingerprint density at radius 1 is 1.36 bits per heavy atom. The zero-order valence-electron chi connectivity index (χ0n) is 7.62. The van der Waals surface area contributed by atoms with Gasteiger partial charge >= 0.3 is 0 Å². The van der Waals surface area contributed by atoms with Gasteiger partial charge in [0.15, 0.2) is 0 Å². The number of nitrogens with two attached hydrogens (primary N) is 1. The molecule has 0 atom stereocenters. The minimum Gasteiger partial charge on any atom is -0.399 e. The Labute approximate surface area is 89.1 Å². The molecule has 0 unspecified atom stereocenters. The first-order valence-corrected chi connectivity index (χ1v) is 4.80. The molecule has 1 aromatic carbocycles. The predicted octanol–water partition coefficient (Wildman–Crippen LogP) is 1.81. The number of nitriles is 1. The van der Waals surface area contributed by atoms with Crippen LogP contribution in [0.15, 0.2) is 18.2 Å². The molecule has 2 nitrogen and oxygen atoms in total. The largest absolute Gasteiger partial charge is 0.399 e. The van der Waals surface area contributed by atoms with Crippen LogP contribution in [0.25, 0.3) is 0 Å². The lowest BCUT2D eigenvalue weighted by molar-refractivity contribution is 1.31. The average molecular weight is 202 g/mol. The fourth-order valence-corrected chi connectivity index (χ4v) is 1.09. The maximum absolute atomic E-state index is 8.81. The summed E-state index contributed by atoms with van der Waals surface area (Å²) in [7, 11) is 0. The van der Waals surface area contributed by atoms with Gasteiger partial charge in [0.1, 0.15) is 6.07 Å². The van der Waals surface area contributed by atoms with Crippen LogP contribution in [0.1, 0.15) is 17.5 Å². The van der Waals surface area contributed by atoms with Gasteiger partial charge in [-0.05, 0) is 18.2 Å². The fourth-order valence-electron chi connectivity index (χ4n) is 0.977. The van der Waals surface area contributed by atoms with Crippen molar-refractivity contribution in [3.8, 4) is 17.9 Å². The Morgan fingerprint density at radius 3 is 2.79 bits per heavy atom. The van der Waals surface area contributed by atoms with Gasteiger partial charge in [-0.25, -0.2) is 0 Å².